The van der Waals surface area contributed by atoms with Gasteiger partial charge in [-0.05, 0) is 24.3 Å². The van der Waals surface area contributed by atoms with Gasteiger partial charge in [-0.15, -0.1) is 0 Å². The predicted octanol–water partition coefficient (Wildman–Crippen LogP) is 0.249. The maximum Gasteiger partial charge on any atom is 0.328 e. The number of carbonyl (C=O) groups is 2. The quantitative estimate of drug-likeness (QED) is 0.853. The molecule has 1 aliphatic heterocycles. The molecule has 0 spiro atoms. The second-order valence-corrected chi connectivity index (χ2v) is 4.44. The van der Waals surface area contributed by atoms with Gasteiger partial charge >= 0.3 is 5.97 Å². The van der Waals surface area contributed by atoms with Crippen molar-refractivity contribution < 1.29 is 24.2 Å². The van der Waals surface area contributed by atoms with Crippen LogP contribution < -0.4 is 4.74 Å². The molecule has 1 N–H and O–H groups in total. The van der Waals surface area contributed by atoms with E-state index in [1.165, 1.54) is 4.90 Å². The van der Waals surface area contributed by atoms with Crippen LogP contribution in [0.5, 0.6) is 5.75 Å². The van der Waals surface area contributed by atoms with E-state index in [1.807, 2.05) is 6.07 Å². The predicted molar refractivity (Wildman–Crippen MR) is 70.6 cm³/mol. The molecule has 7 nitrogen and oxygen atoms in total. The van der Waals surface area contributed by atoms with Gasteiger partial charge in [0.2, 0.25) is 0 Å². The fourth-order valence-corrected chi connectivity index (χ4v) is 1.96. The van der Waals surface area contributed by atoms with E-state index < -0.39 is 17.9 Å². The van der Waals surface area contributed by atoms with Crippen LogP contribution in [0.3, 0.4) is 0 Å². The van der Waals surface area contributed by atoms with Crippen molar-refractivity contribution in [1.29, 1.82) is 5.26 Å². The van der Waals surface area contributed by atoms with Gasteiger partial charge in [0.05, 0.1) is 24.8 Å². The second kappa shape index (κ2) is 6.72. The van der Waals surface area contributed by atoms with E-state index in [0.717, 1.165) is 0 Å². The minimum Gasteiger partial charge on any atom is -0.484 e. The zero-order chi connectivity index (χ0) is 15.2. The Hall–Kier alpha value is -2.59. The van der Waals surface area contributed by atoms with Gasteiger partial charge in [0.1, 0.15) is 5.75 Å². The maximum atomic E-state index is 12.0. The summed E-state index contributed by atoms with van der Waals surface area (Å²) in [7, 11) is 0. The molecular formula is C14H14N2O5. The molecule has 1 aromatic rings. The maximum absolute atomic E-state index is 12.0. The smallest absolute Gasteiger partial charge is 0.328 e. The lowest BCUT2D eigenvalue weighted by molar-refractivity contribution is -0.159. The van der Waals surface area contributed by atoms with Crippen molar-refractivity contribution in [3.8, 4) is 11.8 Å². The summed E-state index contributed by atoms with van der Waals surface area (Å²) in [5.74, 6) is -1.06. The molecule has 1 aliphatic rings. The van der Waals surface area contributed by atoms with Gasteiger partial charge in [0.25, 0.3) is 5.91 Å². The van der Waals surface area contributed by atoms with Crippen LogP contribution in [0, 0.1) is 11.3 Å². The van der Waals surface area contributed by atoms with E-state index in [0.29, 0.717) is 17.9 Å². The summed E-state index contributed by atoms with van der Waals surface area (Å²) >= 11 is 0. The fourth-order valence-electron chi connectivity index (χ4n) is 1.96. The lowest BCUT2D eigenvalue weighted by atomic mass is 10.2. The number of carbonyl (C=O) groups excluding carboxylic acids is 1. The standard InChI is InChI=1S/C14H14N2O5/c15-7-10-1-3-11(4-2-10)21-9-13(17)16-5-6-20-8-12(16)14(18)19/h1-4,12H,5-6,8-9H2,(H,18,19). The van der Waals surface area contributed by atoms with Crippen LogP contribution in [-0.4, -0.2) is 54.3 Å². The van der Waals surface area contributed by atoms with Gasteiger partial charge in [-0.1, -0.05) is 0 Å². The highest BCUT2D eigenvalue weighted by molar-refractivity contribution is 5.84. The molecule has 2 rings (SSSR count). The number of hydrogen-bond donors (Lipinski definition) is 1. The number of ether oxygens (including phenoxy) is 2. The first-order valence-corrected chi connectivity index (χ1v) is 6.35. The number of hydrogen-bond acceptors (Lipinski definition) is 5. The molecule has 1 aromatic carbocycles. The molecule has 1 heterocycles. The lowest BCUT2D eigenvalue weighted by Crippen LogP contribution is -2.53. The average molecular weight is 290 g/mol. The zero-order valence-electron chi connectivity index (χ0n) is 11.2. The Labute approximate surface area is 121 Å². The van der Waals surface area contributed by atoms with Crippen molar-refractivity contribution in [3.63, 3.8) is 0 Å². The molecule has 1 saturated heterocycles. The molecule has 0 aromatic heterocycles. The first-order valence-electron chi connectivity index (χ1n) is 6.35. The van der Waals surface area contributed by atoms with Crippen LogP contribution >= 0.6 is 0 Å². The van der Waals surface area contributed by atoms with Crippen molar-refractivity contribution in [1.82, 2.24) is 4.90 Å². The van der Waals surface area contributed by atoms with Crippen LogP contribution in [-0.2, 0) is 14.3 Å². The number of nitrogens with zero attached hydrogens (tertiary/aromatic N) is 2. The van der Waals surface area contributed by atoms with Crippen LogP contribution in [0.2, 0.25) is 0 Å². The molecule has 1 amide bonds. The summed E-state index contributed by atoms with van der Waals surface area (Å²) in [6.07, 6.45) is 0. The van der Waals surface area contributed by atoms with E-state index in [4.69, 9.17) is 19.8 Å². The SMILES string of the molecule is N#Cc1ccc(OCC(=O)N2CCOCC2C(=O)O)cc1. The minimum absolute atomic E-state index is 0.0159. The third-order valence-corrected chi connectivity index (χ3v) is 3.08. The zero-order valence-corrected chi connectivity index (χ0v) is 11.2. The van der Waals surface area contributed by atoms with E-state index >= 15 is 0 Å². The Kier molecular flexibility index (Phi) is 4.74. The number of amides is 1. The van der Waals surface area contributed by atoms with Crippen LogP contribution in [0.25, 0.3) is 0 Å². The lowest BCUT2D eigenvalue weighted by Gasteiger charge is -2.32. The average Bonchev–Trinajstić information content (AvgIpc) is 2.53. The first kappa shape index (κ1) is 14.8. The van der Waals surface area contributed by atoms with Crippen LogP contribution in [0.1, 0.15) is 5.56 Å². The first-order chi connectivity index (χ1) is 10.1. The Balaban J connectivity index is 1.93. The molecule has 1 atom stereocenters. The largest absolute Gasteiger partial charge is 0.484 e. The molecule has 110 valence electrons. The van der Waals surface area contributed by atoms with Gasteiger partial charge < -0.3 is 19.5 Å². The molecule has 1 unspecified atom stereocenters. The Morgan fingerprint density at radius 3 is 2.76 bits per heavy atom. The minimum atomic E-state index is -1.10. The number of carboxylic acids is 1. The summed E-state index contributed by atoms with van der Waals surface area (Å²) < 4.78 is 10.4. The van der Waals surface area contributed by atoms with Crippen LogP contribution in [0.4, 0.5) is 0 Å². The number of carboxylic acid groups (broad SMARTS) is 1. The highest BCUT2D eigenvalue weighted by atomic mass is 16.5. The Morgan fingerprint density at radius 2 is 2.14 bits per heavy atom. The highest BCUT2D eigenvalue weighted by Crippen LogP contribution is 2.13. The van der Waals surface area contributed by atoms with Crippen molar-refractivity contribution in [3.05, 3.63) is 29.8 Å². The van der Waals surface area contributed by atoms with E-state index in [9.17, 15) is 9.59 Å². The summed E-state index contributed by atoms with van der Waals surface area (Å²) in [6, 6.07) is 7.33. The summed E-state index contributed by atoms with van der Waals surface area (Å²) in [6.45, 7) is 0.270. The Bertz CT molecular complexity index is 564. The van der Waals surface area contributed by atoms with Crippen molar-refractivity contribution in [2.45, 2.75) is 6.04 Å². The molecule has 0 saturated carbocycles. The molecule has 0 radical (unpaired) electrons. The monoisotopic (exact) mass is 290 g/mol. The number of rotatable bonds is 4. The van der Waals surface area contributed by atoms with E-state index in [1.54, 1.807) is 24.3 Å². The number of aliphatic carboxylic acids is 1. The van der Waals surface area contributed by atoms with E-state index in [-0.39, 0.29) is 19.8 Å². The summed E-state index contributed by atoms with van der Waals surface area (Å²) in [5, 5.41) is 17.7. The normalized spacial score (nSPS) is 17.9. The third kappa shape index (κ3) is 3.70. The van der Waals surface area contributed by atoms with Gasteiger partial charge in [-0.3, -0.25) is 4.79 Å². The topological polar surface area (TPSA) is 99.9 Å². The molecular weight excluding hydrogens is 276 g/mol. The van der Waals surface area contributed by atoms with Gasteiger partial charge in [0.15, 0.2) is 12.6 Å². The molecule has 21 heavy (non-hydrogen) atoms. The fraction of sp³-hybridized carbons (Fsp3) is 0.357. The number of morpholine rings is 1. The van der Waals surface area contributed by atoms with Crippen LogP contribution in [0.15, 0.2) is 24.3 Å². The van der Waals surface area contributed by atoms with Gasteiger partial charge in [-0.2, -0.15) is 5.26 Å². The number of benzene rings is 1. The Morgan fingerprint density at radius 1 is 1.43 bits per heavy atom. The number of nitriles is 1. The van der Waals surface area contributed by atoms with Crippen molar-refractivity contribution >= 4 is 11.9 Å². The van der Waals surface area contributed by atoms with Crippen molar-refractivity contribution in [2.24, 2.45) is 0 Å². The third-order valence-electron chi connectivity index (χ3n) is 3.08. The molecule has 1 fully saturated rings. The molecule has 0 bridgehead atoms. The molecule has 0 aliphatic carbocycles. The molecule has 7 heteroatoms. The van der Waals surface area contributed by atoms with Gasteiger partial charge in [0, 0.05) is 6.54 Å². The summed E-state index contributed by atoms with van der Waals surface area (Å²) in [4.78, 5) is 24.4. The summed E-state index contributed by atoms with van der Waals surface area (Å²) in [5.41, 5.74) is 0.493. The van der Waals surface area contributed by atoms with E-state index in [2.05, 4.69) is 0 Å². The highest BCUT2D eigenvalue weighted by Gasteiger charge is 2.32. The second-order valence-electron chi connectivity index (χ2n) is 4.44. The van der Waals surface area contributed by atoms with Crippen molar-refractivity contribution in [2.75, 3.05) is 26.4 Å². The van der Waals surface area contributed by atoms with Gasteiger partial charge in [-0.25, -0.2) is 4.79 Å².